The van der Waals surface area contributed by atoms with Crippen molar-refractivity contribution in [3.8, 4) is 0 Å². The Morgan fingerprint density at radius 2 is 1.59 bits per heavy atom. The zero-order valence-electron chi connectivity index (χ0n) is 15.0. The van der Waals surface area contributed by atoms with E-state index in [9.17, 15) is 4.79 Å². The van der Waals surface area contributed by atoms with Crippen LogP contribution in [0.15, 0.2) is 83.8 Å². The molecule has 1 heterocycles. The lowest BCUT2D eigenvalue weighted by Gasteiger charge is -2.47. The molecule has 0 radical (unpaired) electrons. The molecule has 0 bridgehead atoms. The van der Waals surface area contributed by atoms with Crippen LogP contribution in [0.3, 0.4) is 0 Å². The summed E-state index contributed by atoms with van der Waals surface area (Å²) in [5.74, 6) is 0.908. The minimum atomic E-state index is -0.0330. The van der Waals surface area contributed by atoms with Crippen LogP contribution in [0.2, 0.25) is 5.02 Å². The Bertz CT molecular complexity index is 925. The number of rotatable bonds is 5. The largest absolute Gasteiger partial charge is 0.304 e. The van der Waals surface area contributed by atoms with Crippen LogP contribution in [0.5, 0.6) is 0 Å². The zero-order valence-corrected chi connectivity index (χ0v) is 16.6. The second-order valence-corrected chi connectivity index (χ2v) is 8.30. The van der Waals surface area contributed by atoms with E-state index < -0.39 is 0 Å². The fourth-order valence-corrected chi connectivity index (χ4v) is 4.60. The lowest BCUT2D eigenvalue weighted by Crippen LogP contribution is -2.56. The third-order valence-corrected chi connectivity index (χ3v) is 6.29. The standard InChI is InChI=1S/C23H20ClNOS/c1-16-7-11-19(12-8-16)25-22(17-5-3-2-4-6-17)21(23(25)26)15-27-20-13-9-18(24)10-14-20/h2-14,21-22H,15H2,1H3/t21-,22+/m1/s1. The van der Waals surface area contributed by atoms with Gasteiger partial charge in [0, 0.05) is 21.4 Å². The quantitative estimate of drug-likeness (QED) is 0.383. The summed E-state index contributed by atoms with van der Waals surface area (Å²) in [7, 11) is 0. The number of anilines is 1. The van der Waals surface area contributed by atoms with Gasteiger partial charge in [-0.15, -0.1) is 11.8 Å². The van der Waals surface area contributed by atoms with Crippen LogP contribution < -0.4 is 4.90 Å². The summed E-state index contributed by atoms with van der Waals surface area (Å²) in [6.45, 7) is 2.06. The van der Waals surface area contributed by atoms with Gasteiger partial charge in [0.15, 0.2) is 0 Å². The van der Waals surface area contributed by atoms with Gasteiger partial charge in [0.05, 0.1) is 12.0 Å². The maximum atomic E-state index is 13.0. The van der Waals surface area contributed by atoms with Crippen LogP contribution in [-0.4, -0.2) is 11.7 Å². The number of hydrogen-bond acceptors (Lipinski definition) is 2. The van der Waals surface area contributed by atoms with Crippen LogP contribution in [0.1, 0.15) is 17.2 Å². The number of amides is 1. The molecule has 4 heteroatoms. The third kappa shape index (κ3) is 3.76. The van der Waals surface area contributed by atoms with Crippen LogP contribution >= 0.6 is 23.4 Å². The first-order valence-electron chi connectivity index (χ1n) is 8.96. The maximum Gasteiger partial charge on any atom is 0.233 e. The minimum Gasteiger partial charge on any atom is -0.304 e. The summed E-state index contributed by atoms with van der Waals surface area (Å²) in [6, 6.07) is 26.3. The predicted molar refractivity (Wildman–Crippen MR) is 114 cm³/mol. The van der Waals surface area contributed by atoms with E-state index in [0.29, 0.717) is 0 Å². The van der Waals surface area contributed by atoms with Gasteiger partial charge < -0.3 is 4.90 Å². The molecule has 2 atom stereocenters. The smallest absolute Gasteiger partial charge is 0.233 e. The number of β-lactam (4-membered cyclic amide) rings is 1. The Hall–Kier alpha value is -2.23. The number of nitrogens with zero attached hydrogens (tertiary/aromatic N) is 1. The average molecular weight is 394 g/mol. The van der Waals surface area contributed by atoms with Crippen LogP contribution in [0, 0.1) is 12.8 Å². The van der Waals surface area contributed by atoms with Crippen molar-refractivity contribution in [3.63, 3.8) is 0 Å². The van der Waals surface area contributed by atoms with E-state index in [4.69, 9.17) is 11.6 Å². The van der Waals surface area contributed by atoms with E-state index in [1.165, 1.54) is 11.1 Å². The van der Waals surface area contributed by atoms with Crippen molar-refractivity contribution in [1.29, 1.82) is 0 Å². The van der Waals surface area contributed by atoms with E-state index in [0.717, 1.165) is 21.4 Å². The first kappa shape index (κ1) is 18.1. The molecular weight excluding hydrogens is 374 g/mol. The van der Waals surface area contributed by atoms with Crippen LogP contribution in [0.4, 0.5) is 5.69 Å². The molecule has 136 valence electrons. The van der Waals surface area contributed by atoms with Crippen molar-refractivity contribution in [2.75, 3.05) is 10.7 Å². The Balaban J connectivity index is 1.58. The fourth-order valence-electron chi connectivity index (χ4n) is 3.45. The number of carbonyl (C=O) groups is 1. The molecule has 0 aliphatic carbocycles. The first-order valence-corrected chi connectivity index (χ1v) is 10.3. The molecule has 1 fully saturated rings. The van der Waals surface area contributed by atoms with Crippen molar-refractivity contribution >= 4 is 35.0 Å². The van der Waals surface area contributed by atoms with Gasteiger partial charge in [-0.1, -0.05) is 59.6 Å². The molecule has 1 aliphatic rings. The topological polar surface area (TPSA) is 20.3 Å². The lowest BCUT2D eigenvalue weighted by molar-refractivity contribution is -0.129. The van der Waals surface area contributed by atoms with Gasteiger partial charge in [-0.3, -0.25) is 4.79 Å². The highest BCUT2D eigenvalue weighted by molar-refractivity contribution is 7.99. The number of aryl methyl sites for hydroxylation is 1. The monoisotopic (exact) mass is 393 g/mol. The lowest BCUT2D eigenvalue weighted by atomic mass is 9.83. The summed E-state index contributed by atoms with van der Waals surface area (Å²) < 4.78 is 0. The summed E-state index contributed by atoms with van der Waals surface area (Å²) in [4.78, 5) is 16.1. The van der Waals surface area contributed by atoms with Gasteiger partial charge in [0.1, 0.15) is 0 Å². The number of carbonyl (C=O) groups excluding carboxylic acids is 1. The van der Waals surface area contributed by atoms with Gasteiger partial charge in [0.2, 0.25) is 5.91 Å². The van der Waals surface area contributed by atoms with Crippen molar-refractivity contribution in [3.05, 3.63) is 95.0 Å². The molecule has 27 heavy (non-hydrogen) atoms. The highest BCUT2D eigenvalue weighted by Gasteiger charge is 2.48. The van der Waals surface area contributed by atoms with Crippen LogP contribution in [0.25, 0.3) is 0 Å². The molecule has 2 nitrogen and oxygen atoms in total. The summed E-state index contributed by atoms with van der Waals surface area (Å²) >= 11 is 7.68. The number of benzene rings is 3. The summed E-state index contributed by atoms with van der Waals surface area (Å²) in [5, 5.41) is 0.728. The van der Waals surface area contributed by atoms with Crippen molar-refractivity contribution in [2.45, 2.75) is 17.9 Å². The molecule has 1 amide bonds. The molecule has 0 N–H and O–H groups in total. The second-order valence-electron chi connectivity index (χ2n) is 6.77. The van der Waals surface area contributed by atoms with Crippen molar-refractivity contribution in [1.82, 2.24) is 0 Å². The van der Waals surface area contributed by atoms with E-state index in [1.54, 1.807) is 11.8 Å². The fraction of sp³-hybridized carbons (Fsp3) is 0.174. The highest BCUT2D eigenvalue weighted by atomic mass is 35.5. The molecule has 0 aromatic heterocycles. The Kier molecular flexibility index (Phi) is 5.24. The summed E-state index contributed by atoms with van der Waals surface area (Å²) in [5.41, 5.74) is 3.34. The predicted octanol–water partition coefficient (Wildman–Crippen LogP) is 6.14. The van der Waals surface area contributed by atoms with Crippen molar-refractivity contribution in [2.24, 2.45) is 5.92 Å². The molecular formula is C23H20ClNOS. The number of hydrogen-bond donors (Lipinski definition) is 0. The average Bonchev–Trinajstić information content (AvgIpc) is 2.69. The van der Waals surface area contributed by atoms with E-state index in [2.05, 4.69) is 31.2 Å². The van der Waals surface area contributed by atoms with Gasteiger partial charge in [-0.05, 0) is 48.9 Å². The molecule has 0 unspecified atom stereocenters. The zero-order chi connectivity index (χ0) is 18.8. The molecule has 4 rings (SSSR count). The second kappa shape index (κ2) is 7.79. The van der Waals surface area contributed by atoms with Gasteiger partial charge in [0.25, 0.3) is 0 Å². The molecule has 3 aromatic carbocycles. The first-order chi connectivity index (χ1) is 13.1. The van der Waals surface area contributed by atoms with E-state index in [-0.39, 0.29) is 17.9 Å². The summed E-state index contributed by atoms with van der Waals surface area (Å²) in [6.07, 6.45) is 0. The number of halogens is 1. The molecule has 0 saturated carbocycles. The molecule has 3 aromatic rings. The Morgan fingerprint density at radius 1 is 0.926 bits per heavy atom. The van der Waals surface area contributed by atoms with Crippen LogP contribution in [-0.2, 0) is 4.79 Å². The normalized spacial score (nSPS) is 19.0. The molecule has 0 spiro atoms. The maximum absolute atomic E-state index is 13.0. The Labute approximate surface area is 169 Å². The minimum absolute atomic E-state index is 0.0330. The van der Waals surface area contributed by atoms with E-state index >= 15 is 0 Å². The molecule has 1 aliphatic heterocycles. The van der Waals surface area contributed by atoms with E-state index in [1.807, 2.05) is 59.5 Å². The third-order valence-electron chi connectivity index (χ3n) is 4.91. The molecule has 1 saturated heterocycles. The number of thioether (sulfide) groups is 1. The Morgan fingerprint density at radius 3 is 2.26 bits per heavy atom. The SMILES string of the molecule is Cc1ccc(N2C(=O)[C@H](CSc3ccc(Cl)cc3)[C@@H]2c2ccccc2)cc1. The van der Waals surface area contributed by atoms with Gasteiger partial charge >= 0.3 is 0 Å². The van der Waals surface area contributed by atoms with Gasteiger partial charge in [-0.2, -0.15) is 0 Å². The van der Waals surface area contributed by atoms with Crippen molar-refractivity contribution < 1.29 is 4.79 Å². The highest BCUT2D eigenvalue weighted by Crippen LogP contribution is 2.45. The van der Waals surface area contributed by atoms with Gasteiger partial charge in [-0.25, -0.2) is 0 Å².